The number of hydrogen-bond donors (Lipinski definition) is 0. The van der Waals surface area contributed by atoms with Gasteiger partial charge in [0.15, 0.2) is 0 Å². The Morgan fingerprint density at radius 2 is 1.82 bits per heavy atom. The molecule has 0 saturated carbocycles. The Hall–Kier alpha value is -0.700. The number of ether oxygens (including phenoxy) is 1. The molecule has 88 valence electrons. The van der Waals surface area contributed by atoms with Crippen LogP contribution in [0.5, 0.6) is 11.5 Å². The third-order valence-electron chi connectivity index (χ3n) is 2.23. The van der Waals surface area contributed by atoms with E-state index >= 15 is 0 Å². The van der Waals surface area contributed by atoms with Gasteiger partial charge < -0.3 is 4.74 Å². The van der Waals surface area contributed by atoms with Gasteiger partial charge >= 0.3 is 0 Å². The van der Waals surface area contributed by atoms with E-state index < -0.39 is 0 Å². The van der Waals surface area contributed by atoms with Crippen LogP contribution in [0.2, 0.25) is 10.0 Å². The van der Waals surface area contributed by atoms with Gasteiger partial charge in [-0.1, -0.05) is 51.3 Å². The highest BCUT2D eigenvalue weighted by Crippen LogP contribution is 2.32. The zero-order chi connectivity index (χ0) is 12.3. The van der Waals surface area contributed by atoms with Crippen molar-refractivity contribution >= 4 is 39.1 Å². The fourth-order valence-electron chi connectivity index (χ4n) is 1.42. The highest BCUT2D eigenvalue weighted by atomic mass is 79.9. The lowest BCUT2D eigenvalue weighted by molar-refractivity contribution is 0.478. The number of benzene rings is 2. The van der Waals surface area contributed by atoms with E-state index in [1.165, 1.54) is 0 Å². The van der Waals surface area contributed by atoms with Crippen LogP contribution < -0.4 is 4.74 Å². The maximum atomic E-state index is 6.09. The second kappa shape index (κ2) is 5.76. The molecule has 0 bridgehead atoms. The molecule has 4 heteroatoms. The van der Waals surface area contributed by atoms with Crippen molar-refractivity contribution in [1.29, 1.82) is 0 Å². The monoisotopic (exact) mass is 330 g/mol. The third-order valence-corrected chi connectivity index (χ3v) is 3.38. The summed E-state index contributed by atoms with van der Waals surface area (Å²) in [5, 5.41) is 1.97. The predicted octanol–water partition coefficient (Wildman–Crippen LogP) is 5.68. The molecule has 2 aromatic rings. The van der Waals surface area contributed by atoms with E-state index in [4.69, 9.17) is 27.9 Å². The summed E-state index contributed by atoms with van der Waals surface area (Å²) in [6.45, 7) is 0. The van der Waals surface area contributed by atoms with Crippen molar-refractivity contribution in [2.24, 2.45) is 0 Å². The van der Waals surface area contributed by atoms with Gasteiger partial charge in [-0.3, -0.25) is 0 Å². The molecule has 17 heavy (non-hydrogen) atoms. The molecule has 1 nitrogen and oxygen atoms in total. The Balaban J connectivity index is 2.33. The zero-order valence-corrected chi connectivity index (χ0v) is 11.9. The van der Waals surface area contributed by atoms with Gasteiger partial charge in [-0.05, 0) is 30.3 Å². The van der Waals surface area contributed by atoms with Crippen LogP contribution in [0.25, 0.3) is 0 Å². The second-order valence-corrected chi connectivity index (χ2v) is 4.81. The molecule has 0 N–H and O–H groups in total. The molecule has 0 amide bonds. The van der Waals surface area contributed by atoms with Gasteiger partial charge in [0.25, 0.3) is 0 Å². The number of rotatable bonds is 3. The van der Waals surface area contributed by atoms with Crippen LogP contribution in [0.3, 0.4) is 0 Å². The predicted molar refractivity (Wildman–Crippen MR) is 75.6 cm³/mol. The zero-order valence-electron chi connectivity index (χ0n) is 8.79. The highest BCUT2D eigenvalue weighted by Gasteiger charge is 2.07. The molecule has 0 aliphatic carbocycles. The maximum Gasteiger partial charge on any atom is 0.132 e. The summed E-state index contributed by atoms with van der Waals surface area (Å²) >= 11 is 15.4. The lowest BCUT2D eigenvalue weighted by Gasteiger charge is -2.10. The van der Waals surface area contributed by atoms with E-state index in [0.29, 0.717) is 21.1 Å². The minimum Gasteiger partial charge on any atom is -0.457 e. The van der Waals surface area contributed by atoms with Crippen LogP contribution in [-0.2, 0) is 5.33 Å². The van der Waals surface area contributed by atoms with Crippen LogP contribution >= 0.6 is 39.1 Å². The molecule has 2 aromatic carbocycles. The third kappa shape index (κ3) is 3.15. The molecule has 0 aliphatic rings. The molecule has 0 fully saturated rings. The van der Waals surface area contributed by atoms with Gasteiger partial charge in [-0.25, -0.2) is 0 Å². The maximum absolute atomic E-state index is 6.09. The molecule has 0 heterocycles. The van der Waals surface area contributed by atoms with Crippen molar-refractivity contribution < 1.29 is 4.74 Å². The van der Waals surface area contributed by atoms with E-state index in [2.05, 4.69) is 15.9 Å². The average molecular weight is 332 g/mol. The highest BCUT2D eigenvalue weighted by molar-refractivity contribution is 9.08. The Kier molecular flexibility index (Phi) is 4.32. The first-order valence-corrected chi connectivity index (χ1v) is 6.85. The molecule has 0 aliphatic heterocycles. The topological polar surface area (TPSA) is 9.23 Å². The SMILES string of the molecule is Clc1cccc(Oc2cccc(Cl)c2CBr)c1. The molecule has 0 atom stereocenters. The molecule has 0 radical (unpaired) electrons. The Labute approximate surface area is 118 Å². The van der Waals surface area contributed by atoms with Gasteiger partial charge in [0.05, 0.1) is 0 Å². The molecule has 0 aromatic heterocycles. The molecule has 0 unspecified atom stereocenters. The van der Waals surface area contributed by atoms with Crippen molar-refractivity contribution in [2.45, 2.75) is 5.33 Å². The Bertz CT molecular complexity index is 529. The normalized spacial score (nSPS) is 10.3. The number of halogens is 3. The van der Waals surface area contributed by atoms with Crippen LogP contribution in [-0.4, -0.2) is 0 Å². The molecular formula is C13H9BrCl2O. The summed E-state index contributed by atoms with van der Waals surface area (Å²) in [5.41, 5.74) is 0.925. The average Bonchev–Trinajstić information content (AvgIpc) is 2.29. The largest absolute Gasteiger partial charge is 0.457 e. The summed E-state index contributed by atoms with van der Waals surface area (Å²) in [4.78, 5) is 0. The standard InChI is InChI=1S/C13H9BrCl2O/c14-8-11-12(16)5-2-6-13(11)17-10-4-1-3-9(15)7-10/h1-7H,8H2. The van der Waals surface area contributed by atoms with Crippen LogP contribution in [0, 0.1) is 0 Å². The van der Waals surface area contributed by atoms with Crippen LogP contribution in [0.15, 0.2) is 42.5 Å². The summed E-state index contributed by atoms with van der Waals surface area (Å²) in [6.07, 6.45) is 0. The lowest BCUT2D eigenvalue weighted by atomic mass is 10.2. The number of alkyl halides is 1. The smallest absolute Gasteiger partial charge is 0.132 e. The van der Waals surface area contributed by atoms with E-state index in [-0.39, 0.29) is 0 Å². The number of hydrogen-bond acceptors (Lipinski definition) is 1. The van der Waals surface area contributed by atoms with Crippen molar-refractivity contribution in [1.82, 2.24) is 0 Å². The van der Waals surface area contributed by atoms with Crippen molar-refractivity contribution in [3.8, 4) is 11.5 Å². The van der Waals surface area contributed by atoms with Crippen molar-refractivity contribution in [3.05, 3.63) is 58.1 Å². The summed E-state index contributed by atoms with van der Waals surface area (Å²) < 4.78 is 5.76. The summed E-state index contributed by atoms with van der Waals surface area (Å²) in [7, 11) is 0. The minimum atomic E-state index is 0.641. The van der Waals surface area contributed by atoms with E-state index in [0.717, 1.165) is 11.3 Å². The molecule has 0 spiro atoms. The van der Waals surface area contributed by atoms with Gasteiger partial charge in [0.1, 0.15) is 11.5 Å². The van der Waals surface area contributed by atoms with E-state index in [1.54, 1.807) is 12.1 Å². The summed E-state index contributed by atoms with van der Waals surface area (Å²) in [6, 6.07) is 12.8. The van der Waals surface area contributed by atoms with Crippen molar-refractivity contribution in [2.75, 3.05) is 0 Å². The first-order chi connectivity index (χ1) is 8.20. The Morgan fingerprint density at radius 3 is 2.53 bits per heavy atom. The van der Waals surface area contributed by atoms with E-state index in [9.17, 15) is 0 Å². The summed E-state index contributed by atoms with van der Waals surface area (Å²) in [5.74, 6) is 1.43. The quantitative estimate of drug-likeness (QED) is 0.657. The molecule has 2 rings (SSSR count). The van der Waals surface area contributed by atoms with Gasteiger partial charge in [-0.15, -0.1) is 0 Å². The van der Waals surface area contributed by atoms with Crippen molar-refractivity contribution in [3.63, 3.8) is 0 Å². The van der Waals surface area contributed by atoms with Crippen LogP contribution in [0.4, 0.5) is 0 Å². The minimum absolute atomic E-state index is 0.641. The lowest BCUT2D eigenvalue weighted by Crippen LogP contribution is -1.90. The fourth-order valence-corrected chi connectivity index (χ4v) is 2.57. The van der Waals surface area contributed by atoms with Gasteiger partial charge in [-0.2, -0.15) is 0 Å². The second-order valence-electron chi connectivity index (χ2n) is 3.41. The molecular weight excluding hydrogens is 323 g/mol. The van der Waals surface area contributed by atoms with Gasteiger partial charge in [0, 0.05) is 20.9 Å². The Morgan fingerprint density at radius 1 is 1.06 bits per heavy atom. The van der Waals surface area contributed by atoms with E-state index in [1.807, 2.05) is 30.3 Å². The first kappa shape index (κ1) is 12.7. The van der Waals surface area contributed by atoms with Gasteiger partial charge in [0.2, 0.25) is 0 Å². The van der Waals surface area contributed by atoms with Crippen LogP contribution in [0.1, 0.15) is 5.56 Å². The molecule has 0 saturated heterocycles. The first-order valence-electron chi connectivity index (χ1n) is 4.97. The fraction of sp³-hybridized carbons (Fsp3) is 0.0769.